The first-order valence-electron chi connectivity index (χ1n) is 15.1. The van der Waals surface area contributed by atoms with Crippen LogP contribution in [-0.2, 0) is 27.8 Å². The van der Waals surface area contributed by atoms with E-state index in [0.29, 0.717) is 36.7 Å². The number of amides is 1. The molecule has 1 N–H and O–H groups in total. The van der Waals surface area contributed by atoms with E-state index >= 15 is 0 Å². The molecule has 1 aliphatic rings. The van der Waals surface area contributed by atoms with Gasteiger partial charge in [-0.3, -0.25) is 19.2 Å². The van der Waals surface area contributed by atoms with Crippen molar-refractivity contribution in [2.75, 3.05) is 13.7 Å². The van der Waals surface area contributed by atoms with E-state index in [2.05, 4.69) is 21.5 Å². The van der Waals surface area contributed by atoms with Gasteiger partial charge >= 0.3 is 0 Å². The minimum absolute atomic E-state index is 0.0333. The fourth-order valence-electron chi connectivity index (χ4n) is 5.15. The highest BCUT2D eigenvalue weighted by Gasteiger charge is 2.31. The van der Waals surface area contributed by atoms with Gasteiger partial charge in [0.1, 0.15) is 17.7 Å². The molecule has 0 spiro atoms. The number of unbranched alkanes of at least 4 members (excludes halogenated alkanes) is 6. The van der Waals surface area contributed by atoms with Gasteiger partial charge in [-0.2, -0.15) is 0 Å². The molecule has 1 atom stereocenters. The smallest absolute Gasteiger partial charge is 0.237 e. The number of carbonyl (C=O) groups is 2. The summed E-state index contributed by atoms with van der Waals surface area (Å²) in [6.45, 7) is 6.71. The van der Waals surface area contributed by atoms with Crippen LogP contribution in [0.3, 0.4) is 0 Å². The van der Waals surface area contributed by atoms with Crippen LogP contribution in [0.2, 0.25) is 0 Å². The van der Waals surface area contributed by atoms with Crippen LogP contribution in [0.4, 0.5) is 0 Å². The molecule has 228 valence electrons. The lowest BCUT2D eigenvalue weighted by atomic mass is 10.0. The Hall–Kier alpha value is -2.72. The number of Topliss-reactive ketones (excluding diaryl/α,β-unsaturated/α-hetero) is 1. The normalized spacial score (nSPS) is 15.9. The number of sulfonamides is 1. The maximum absolute atomic E-state index is 12.7. The molecular formula is C31H47N3O6S. The van der Waals surface area contributed by atoms with Gasteiger partial charge < -0.3 is 9.15 Å². The van der Waals surface area contributed by atoms with Crippen LogP contribution in [0.5, 0.6) is 5.75 Å². The third-order valence-electron chi connectivity index (χ3n) is 7.75. The highest BCUT2D eigenvalue weighted by atomic mass is 32.2. The molecule has 0 bridgehead atoms. The summed E-state index contributed by atoms with van der Waals surface area (Å²) in [6.07, 6.45) is 12.4. The predicted octanol–water partition coefficient (Wildman–Crippen LogP) is 6.13. The topological polar surface area (TPSA) is 119 Å². The summed E-state index contributed by atoms with van der Waals surface area (Å²) >= 11 is 0. The summed E-state index contributed by atoms with van der Waals surface area (Å²) in [5, 5.41) is -0.679. The standard InChI is InChI=1S/C31H47N3O6S/c1-5-6-7-8-9-10-11-14-29(35)27-22-40-31(32-27)28-13-12-19-34(28)21-25-20-26(39-4)17-15-24(25)16-18-30(36)33-41(37,38)23(2)3/h15,17,20,22-23,28H,5-14,16,18-19,21H2,1-4H3,(H,33,36)/t28-/m0/s1. The van der Waals surface area contributed by atoms with Crippen molar-refractivity contribution in [1.82, 2.24) is 14.6 Å². The van der Waals surface area contributed by atoms with Gasteiger partial charge in [0.15, 0.2) is 5.78 Å². The fraction of sp³-hybridized carbons (Fsp3) is 0.645. The summed E-state index contributed by atoms with van der Waals surface area (Å²) in [4.78, 5) is 32.0. The third-order valence-corrected chi connectivity index (χ3v) is 9.50. The SMILES string of the molecule is CCCCCCCCCC(=O)c1coc([C@@H]2CCCN2Cc2cc(OC)ccc2CCC(=O)NS(=O)(=O)C(C)C)n1. The van der Waals surface area contributed by atoms with Gasteiger partial charge in [0.2, 0.25) is 21.8 Å². The Labute approximate surface area is 245 Å². The molecule has 1 saturated heterocycles. The number of oxazole rings is 1. The highest BCUT2D eigenvalue weighted by Crippen LogP contribution is 2.34. The van der Waals surface area contributed by atoms with Crippen LogP contribution < -0.4 is 9.46 Å². The summed E-state index contributed by atoms with van der Waals surface area (Å²) in [5.41, 5.74) is 2.35. The van der Waals surface area contributed by atoms with E-state index in [1.54, 1.807) is 7.11 Å². The number of carbonyl (C=O) groups excluding carboxylic acids is 2. The van der Waals surface area contributed by atoms with Crippen molar-refractivity contribution in [3.8, 4) is 5.75 Å². The molecule has 0 saturated carbocycles. The summed E-state index contributed by atoms with van der Waals surface area (Å²) in [5.74, 6) is 0.785. The predicted molar refractivity (Wildman–Crippen MR) is 159 cm³/mol. The van der Waals surface area contributed by atoms with Gasteiger partial charge in [0, 0.05) is 19.4 Å². The molecule has 41 heavy (non-hydrogen) atoms. The van der Waals surface area contributed by atoms with E-state index in [1.165, 1.54) is 52.2 Å². The molecule has 1 aliphatic heterocycles. The summed E-state index contributed by atoms with van der Waals surface area (Å²) < 4.78 is 37.6. The van der Waals surface area contributed by atoms with Crippen molar-refractivity contribution >= 4 is 21.7 Å². The van der Waals surface area contributed by atoms with E-state index in [0.717, 1.165) is 43.4 Å². The molecular weight excluding hydrogens is 542 g/mol. The lowest BCUT2D eigenvalue weighted by molar-refractivity contribution is -0.119. The second-order valence-corrected chi connectivity index (χ2v) is 13.5. The first-order chi connectivity index (χ1) is 19.6. The quantitative estimate of drug-likeness (QED) is 0.163. The molecule has 2 heterocycles. The van der Waals surface area contributed by atoms with Crippen molar-refractivity contribution < 1.29 is 27.2 Å². The second-order valence-electron chi connectivity index (χ2n) is 11.2. The Kier molecular flexibility index (Phi) is 12.8. The van der Waals surface area contributed by atoms with Crippen molar-refractivity contribution in [2.24, 2.45) is 0 Å². The minimum Gasteiger partial charge on any atom is -0.497 e. The molecule has 1 amide bonds. The van der Waals surface area contributed by atoms with Gasteiger partial charge in [-0.25, -0.2) is 13.4 Å². The van der Waals surface area contributed by atoms with Crippen LogP contribution in [0, 0.1) is 0 Å². The largest absolute Gasteiger partial charge is 0.497 e. The lowest BCUT2D eigenvalue weighted by Gasteiger charge is -2.24. The Balaban J connectivity index is 1.61. The number of aryl methyl sites for hydroxylation is 1. The zero-order valence-corrected chi connectivity index (χ0v) is 25.9. The number of ether oxygens (including phenoxy) is 1. The molecule has 0 radical (unpaired) electrons. The van der Waals surface area contributed by atoms with Gasteiger partial charge in [0.05, 0.1) is 18.4 Å². The van der Waals surface area contributed by atoms with Gasteiger partial charge in [0.25, 0.3) is 0 Å². The first-order valence-corrected chi connectivity index (χ1v) is 16.6. The zero-order chi connectivity index (χ0) is 29.8. The van der Waals surface area contributed by atoms with Gasteiger partial charge in [-0.05, 0) is 69.3 Å². The monoisotopic (exact) mass is 589 g/mol. The van der Waals surface area contributed by atoms with E-state index in [-0.39, 0.29) is 18.2 Å². The number of hydrogen-bond acceptors (Lipinski definition) is 8. The molecule has 10 heteroatoms. The highest BCUT2D eigenvalue weighted by molar-refractivity contribution is 7.90. The second kappa shape index (κ2) is 16.1. The number of methoxy groups -OCH3 is 1. The number of nitrogens with one attached hydrogen (secondary N) is 1. The Morgan fingerprint density at radius 1 is 1.10 bits per heavy atom. The Morgan fingerprint density at radius 3 is 2.54 bits per heavy atom. The van der Waals surface area contributed by atoms with Gasteiger partial charge in [-0.15, -0.1) is 0 Å². The number of benzene rings is 1. The van der Waals surface area contributed by atoms with Crippen molar-refractivity contribution in [2.45, 2.75) is 116 Å². The van der Waals surface area contributed by atoms with Crippen LogP contribution in [-0.4, -0.2) is 48.9 Å². The third kappa shape index (κ3) is 9.95. The fourth-order valence-corrected chi connectivity index (χ4v) is 5.80. The minimum atomic E-state index is -3.66. The van der Waals surface area contributed by atoms with Crippen molar-refractivity contribution in [3.05, 3.63) is 47.2 Å². The number of nitrogens with zero attached hydrogens (tertiary/aromatic N) is 2. The Bertz CT molecular complexity index is 1240. The summed E-state index contributed by atoms with van der Waals surface area (Å²) in [6, 6.07) is 5.68. The van der Waals surface area contributed by atoms with Gasteiger partial charge in [-0.1, -0.05) is 51.5 Å². The molecule has 0 unspecified atom stereocenters. The Morgan fingerprint density at radius 2 is 1.83 bits per heavy atom. The van der Waals surface area contributed by atoms with E-state index in [1.807, 2.05) is 18.2 Å². The lowest BCUT2D eigenvalue weighted by Crippen LogP contribution is -2.35. The number of hydrogen-bond donors (Lipinski definition) is 1. The first kappa shape index (κ1) is 32.8. The maximum Gasteiger partial charge on any atom is 0.237 e. The molecule has 1 fully saturated rings. The van der Waals surface area contributed by atoms with Crippen LogP contribution in [0.1, 0.15) is 125 Å². The molecule has 2 aromatic rings. The van der Waals surface area contributed by atoms with Crippen molar-refractivity contribution in [3.63, 3.8) is 0 Å². The average molecular weight is 590 g/mol. The molecule has 9 nitrogen and oxygen atoms in total. The average Bonchev–Trinajstić information content (AvgIpc) is 3.61. The number of likely N-dealkylation sites (tertiary alicyclic amines) is 1. The van der Waals surface area contributed by atoms with Crippen molar-refractivity contribution in [1.29, 1.82) is 0 Å². The summed E-state index contributed by atoms with van der Waals surface area (Å²) in [7, 11) is -2.05. The van der Waals surface area contributed by atoms with E-state index in [4.69, 9.17) is 9.15 Å². The molecule has 3 rings (SSSR count). The number of rotatable bonds is 18. The van der Waals surface area contributed by atoms with E-state index < -0.39 is 21.2 Å². The van der Waals surface area contributed by atoms with E-state index in [9.17, 15) is 18.0 Å². The molecule has 1 aromatic carbocycles. The van der Waals surface area contributed by atoms with Crippen LogP contribution in [0.25, 0.3) is 0 Å². The molecule has 0 aliphatic carbocycles. The number of aromatic nitrogens is 1. The van der Waals surface area contributed by atoms with Crippen LogP contribution >= 0.6 is 0 Å². The maximum atomic E-state index is 12.7. The number of ketones is 1. The molecule has 1 aromatic heterocycles. The zero-order valence-electron chi connectivity index (χ0n) is 25.1. The van der Waals surface area contributed by atoms with Crippen LogP contribution in [0.15, 0.2) is 28.9 Å².